The molecule has 0 fully saturated rings. The van der Waals surface area contributed by atoms with Crippen LogP contribution in [0, 0.1) is 5.41 Å². The van der Waals surface area contributed by atoms with Crippen LogP contribution in [0.4, 0.5) is 0 Å². The van der Waals surface area contributed by atoms with E-state index in [-0.39, 0.29) is 42.4 Å². The number of Topliss-reactive ketones (excluding diaryl/α,β-unsaturated/α-hetero) is 2. The van der Waals surface area contributed by atoms with Crippen molar-refractivity contribution in [3.63, 3.8) is 0 Å². The first-order valence-corrected chi connectivity index (χ1v) is 17.6. The molecule has 0 saturated carbocycles. The van der Waals surface area contributed by atoms with Crippen molar-refractivity contribution in [1.82, 2.24) is 46.5 Å². The Balaban J connectivity index is 1.10. The molecule has 5 rings (SSSR count). The molecule has 2 amide bonds. The number of ketones is 2. The number of tetrazole rings is 1. The largest absolute Gasteiger partial charge is 0.370 e. The maximum Gasteiger partial charge on any atom is 0.251 e. The predicted molar refractivity (Wildman–Crippen MR) is 202 cm³/mol. The summed E-state index contributed by atoms with van der Waals surface area (Å²) < 4.78 is 2.25. The van der Waals surface area contributed by atoms with Gasteiger partial charge in [0.2, 0.25) is 11.7 Å². The lowest BCUT2D eigenvalue weighted by molar-refractivity contribution is -0.127. The monoisotopic (exact) mass is 722 g/mol. The number of aromatic nitrogens is 5. The highest BCUT2D eigenvalue weighted by Gasteiger charge is 2.23. The topological polar surface area (TPSA) is 252 Å². The average Bonchev–Trinajstić information content (AvgIpc) is 3.80. The second-order valence-corrected chi connectivity index (χ2v) is 12.8. The van der Waals surface area contributed by atoms with Crippen LogP contribution in [0.1, 0.15) is 54.9 Å². The summed E-state index contributed by atoms with van der Waals surface area (Å²) in [5.41, 5.74) is 15.6. The van der Waals surface area contributed by atoms with Crippen LogP contribution in [-0.4, -0.2) is 92.8 Å². The number of rotatable bonds is 20. The van der Waals surface area contributed by atoms with Gasteiger partial charge in [-0.15, -0.1) is 10.2 Å². The number of carbonyl (C=O) groups excluding carboxylic acids is 4. The number of unbranched alkanes of at least 4 members (excludes halogenated alkanes) is 1. The van der Waals surface area contributed by atoms with Gasteiger partial charge in [0.05, 0.1) is 25.2 Å². The molecule has 5 aromatic rings. The van der Waals surface area contributed by atoms with Crippen LogP contribution in [0.25, 0.3) is 33.2 Å². The molecule has 0 aliphatic heterocycles. The lowest BCUT2D eigenvalue weighted by Crippen LogP contribution is -2.48. The van der Waals surface area contributed by atoms with E-state index in [2.05, 4.69) is 70.7 Å². The Hall–Kier alpha value is -6.00. The van der Waals surface area contributed by atoms with Crippen molar-refractivity contribution >= 4 is 51.1 Å². The van der Waals surface area contributed by atoms with Crippen molar-refractivity contribution in [3.05, 3.63) is 77.9 Å². The zero-order chi connectivity index (χ0) is 37.7. The Morgan fingerprint density at radius 1 is 0.868 bits per heavy atom. The fourth-order valence-corrected chi connectivity index (χ4v) is 6.32. The van der Waals surface area contributed by atoms with E-state index < -0.39 is 12.1 Å². The van der Waals surface area contributed by atoms with Crippen LogP contribution in [0.2, 0.25) is 0 Å². The van der Waals surface area contributed by atoms with Gasteiger partial charge >= 0.3 is 0 Å². The second kappa shape index (κ2) is 18.5. The standard InChI is InChI=1S/C37H46N12O4/c1-23(50)44-30(9-6-18-42-37(39)40)34(52)21-43-29(33(51)20-38)8-4-5-17-41-36(53)25-13-11-24(12-14-25)22-49-31-10-3-2-7-27(31)28-19-26(15-16-32(28)49)35-45-47-48-46-35/h2-3,7,10-16,19,29-30,43H,4-6,8-9,17-18,20-22,38H2,1H3,(H,41,53)(H,44,50)(H4,39,40,42)(H,45,46,47,48)/t29-,30-/m0/s1. The minimum absolute atomic E-state index is 0.118. The van der Waals surface area contributed by atoms with Crippen LogP contribution in [-0.2, 0) is 20.9 Å². The zero-order valence-corrected chi connectivity index (χ0v) is 29.7. The molecule has 0 radical (unpaired) electrons. The molecule has 0 unspecified atom stereocenters. The first-order chi connectivity index (χ1) is 25.6. The Morgan fingerprint density at radius 3 is 2.32 bits per heavy atom. The number of amides is 2. The zero-order valence-electron chi connectivity index (χ0n) is 29.7. The number of para-hydroxylation sites is 1. The number of H-pyrrole nitrogens is 1. The van der Waals surface area contributed by atoms with E-state index in [9.17, 15) is 19.2 Å². The fourth-order valence-electron chi connectivity index (χ4n) is 6.32. The second-order valence-electron chi connectivity index (χ2n) is 12.8. The molecule has 53 heavy (non-hydrogen) atoms. The van der Waals surface area contributed by atoms with E-state index in [1.165, 1.54) is 6.92 Å². The highest BCUT2D eigenvalue weighted by molar-refractivity contribution is 6.09. The van der Waals surface area contributed by atoms with Crippen molar-refractivity contribution in [2.45, 2.75) is 57.7 Å². The molecule has 2 heterocycles. The molecule has 10 N–H and O–H groups in total. The summed E-state index contributed by atoms with van der Waals surface area (Å²) in [5.74, 6) is -0.653. The normalized spacial score (nSPS) is 12.3. The first kappa shape index (κ1) is 38.2. The third kappa shape index (κ3) is 10.3. The lowest BCUT2D eigenvalue weighted by atomic mass is 10.0. The average molecular weight is 723 g/mol. The van der Waals surface area contributed by atoms with Crippen LogP contribution in [0.15, 0.2) is 66.7 Å². The van der Waals surface area contributed by atoms with Gasteiger partial charge in [-0.1, -0.05) is 30.3 Å². The van der Waals surface area contributed by atoms with Gasteiger partial charge in [0.25, 0.3) is 5.91 Å². The molecule has 2 aromatic heterocycles. The predicted octanol–water partition coefficient (Wildman–Crippen LogP) is 1.75. The third-order valence-corrected chi connectivity index (χ3v) is 9.00. The van der Waals surface area contributed by atoms with Gasteiger partial charge in [-0.2, -0.15) is 5.21 Å². The number of fused-ring (bicyclic) bond motifs is 3. The van der Waals surface area contributed by atoms with Gasteiger partial charge in [-0.05, 0) is 79.3 Å². The Bertz CT molecular complexity index is 2040. The molecule has 2 atom stereocenters. The molecule has 16 heteroatoms. The highest BCUT2D eigenvalue weighted by Crippen LogP contribution is 2.32. The number of nitrogens with zero attached hydrogens (tertiary/aromatic N) is 4. The number of hydrogen-bond acceptors (Lipinski definition) is 10. The van der Waals surface area contributed by atoms with Gasteiger partial charge in [-0.25, -0.2) is 0 Å². The minimum Gasteiger partial charge on any atom is -0.370 e. The first-order valence-electron chi connectivity index (χ1n) is 17.6. The molecule has 0 spiro atoms. The van der Waals surface area contributed by atoms with E-state index >= 15 is 0 Å². The number of hydrogen-bond donors (Lipinski definition) is 8. The summed E-state index contributed by atoms with van der Waals surface area (Å²) in [7, 11) is 0. The van der Waals surface area contributed by atoms with Crippen LogP contribution in [0.3, 0.4) is 0 Å². The van der Waals surface area contributed by atoms with Crippen molar-refractivity contribution < 1.29 is 19.2 Å². The molecule has 16 nitrogen and oxygen atoms in total. The highest BCUT2D eigenvalue weighted by atomic mass is 16.2. The Labute approximate surface area is 306 Å². The summed E-state index contributed by atoms with van der Waals surface area (Å²) in [6.07, 6.45) is 2.52. The molecule has 0 saturated heterocycles. The van der Waals surface area contributed by atoms with Gasteiger partial charge in [0.15, 0.2) is 17.5 Å². The smallest absolute Gasteiger partial charge is 0.251 e. The van der Waals surface area contributed by atoms with E-state index in [1.54, 1.807) is 0 Å². The van der Waals surface area contributed by atoms with Crippen molar-refractivity contribution in [2.24, 2.45) is 11.5 Å². The Kier molecular flexibility index (Phi) is 13.3. The van der Waals surface area contributed by atoms with Crippen LogP contribution < -0.4 is 32.7 Å². The van der Waals surface area contributed by atoms with E-state index in [0.717, 1.165) is 32.9 Å². The molecule has 278 valence electrons. The molecule has 0 aliphatic carbocycles. The number of nitrogens with one attached hydrogen (secondary N) is 6. The maximum atomic E-state index is 12.9. The van der Waals surface area contributed by atoms with Gasteiger partial charge in [0.1, 0.15) is 0 Å². The van der Waals surface area contributed by atoms with Crippen molar-refractivity contribution in [2.75, 3.05) is 26.2 Å². The van der Waals surface area contributed by atoms with Crippen LogP contribution >= 0.6 is 0 Å². The number of nitrogens with two attached hydrogens (primary N) is 2. The SMILES string of the molecule is CC(=O)N[C@@H](CCCNC(=N)N)C(=O)CN[C@@H](CCCCNC(=O)c1ccc(Cn2c3ccccc3c3cc(-c4nn[nH]n4)ccc32)cc1)C(=O)CN. The summed E-state index contributed by atoms with van der Waals surface area (Å²) in [5, 5.41) is 35.1. The molecule has 3 aromatic carbocycles. The molecular formula is C37H46N12O4. The minimum atomic E-state index is -0.738. The van der Waals surface area contributed by atoms with Crippen molar-refractivity contribution in [1.29, 1.82) is 5.41 Å². The van der Waals surface area contributed by atoms with Crippen molar-refractivity contribution in [3.8, 4) is 11.4 Å². The van der Waals surface area contributed by atoms with E-state index in [1.807, 2.05) is 42.5 Å². The quantitative estimate of drug-likeness (QED) is 0.0326. The lowest BCUT2D eigenvalue weighted by Gasteiger charge is -2.20. The number of carbonyl (C=O) groups is 4. The summed E-state index contributed by atoms with van der Waals surface area (Å²) in [6.45, 7) is 2.45. The fraction of sp³-hybridized carbons (Fsp3) is 0.351. The summed E-state index contributed by atoms with van der Waals surface area (Å²) in [4.78, 5) is 50.0. The van der Waals surface area contributed by atoms with Gasteiger partial charge in [0, 0.05) is 59.5 Å². The number of aromatic amines is 1. The number of guanidine groups is 1. The Morgan fingerprint density at radius 2 is 1.60 bits per heavy atom. The molecule has 0 aliphatic rings. The molecule has 0 bridgehead atoms. The maximum absolute atomic E-state index is 12.9. The van der Waals surface area contributed by atoms with Crippen LogP contribution in [0.5, 0.6) is 0 Å². The van der Waals surface area contributed by atoms with E-state index in [0.29, 0.717) is 63.1 Å². The summed E-state index contributed by atoms with van der Waals surface area (Å²) >= 11 is 0. The van der Waals surface area contributed by atoms with Gasteiger partial charge < -0.3 is 37.3 Å². The summed E-state index contributed by atoms with van der Waals surface area (Å²) in [6, 6.07) is 20.5. The van der Waals surface area contributed by atoms with E-state index in [4.69, 9.17) is 16.9 Å². The number of benzene rings is 3. The third-order valence-electron chi connectivity index (χ3n) is 9.00. The van der Waals surface area contributed by atoms with Gasteiger partial charge in [-0.3, -0.25) is 24.6 Å². The molecular weight excluding hydrogens is 676 g/mol.